The minimum absolute atomic E-state index is 0. The smallest absolute Gasteiger partial charge is 0.193 e. The lowest BCUT2D eigenvalue weighted by molar-refractivity contribution is 0.390. The molecule has 118 valence electrons. The highest BCUT2D eigenvalue weighted by Gasteiger charge is 2.19. The zero-order valence-electron chi connectivity index (χ0n) is 13.2. The Kier molecular flexibility index (Phi) is 8.03. The zero-order valence-corrected chi connectivity index (χ0v) is 15.6. The molecule has 2 rings (SSSR count). The molecule has 0 spiro atoms. The van der Waals surface area contributed by atoms with Gasteiger partial charge < -0.3 is 15.1 Å². The van der Waals surface area contributed by atoms with E-state index in [0.29, 0.717) is 0 Å². The van der Waals surface area contributed by atoms with Gasteiger partial charge in [-0.25, -0.2) is 0 Å². The normalized spacial score (nSPS) is 19.2. The molecule has 1 N–H and O–H groups in total. The third-order valence-electron chi connectivity index (χ3n) is 3.87. The van der Waals surface area contributed by atoms with Crippen molar-refractivity contribution in [2.75, 3.05) is 40.8 Å². The monoisotopic (exact) mass is 402 g/mol. The number of likely N-dealkylation sites (tertiary alicyclic amines) is 1. The Morgan fingerprint density at radius 2 is 2.10 bits per heavy atom. The Morgan fingerprint density at radius 3 is 2.67 bits per heavy atom. The molecule has 1 aromatic carbocycles. The number of guanidine groups is 1. The second kappa shape index (κ2) is 9.25. The number of nitrogens with one attached hydrogen (secondary N) is 1. The molecule has 1 fully saturated rings. The van der Waals surface area contributed by atoms with Crippen LogP contribution in [0.15, 0.2) is 35.3 Å². The summed E-state index contributed by atoms with van der Waals surface area (Å²) in [4.78, 5) is 8.95. The lowest BCUT2D eigenvalue weighted by Gasteiger charge is -2.23. The Bertz CT molecular complexity index is 435. The van der Waals surface area contributed by atoms with Gasteiger partial charge >= 0.3 is 0 Å². The van der Waals surface area contributed by atoms with Crippen molar-refractivity contribution in [1.82, 2.24) is 15.1 Å². The lowest BCUT2D eigenvalue weighted by atomic mass is 10.1. The van der Waals surface area contributed by atoms with Crippen LogP contribution in [0, 0.1) is 5.92 Å². The van der Waals surface area contributed by atoms with E-state index >= 15 is 0 Å². The number of hydrogen-bond donors (Lipinski definition) is 1. The molecule has 0 bridgehead atoms. The first-order valence-electron chi connectivity index (χ1n) is 7.33. The third kappa shape index (κ3) is 5.82. The molecule has 0 radical (unpaired) electrons. The topological polar surface area (TPSA) is 30.9 Å². The third-order valence-corrected chi connectivity index (χ3v) is 3.87. The van der Waals surface area contributed by atoms with Crippen molar-refractivity contribution in [2.45, 2.75) is 13.0 Å². The van der Waals surface area contributed by atoms with E-state index in [4.69, 9.17) is 0 Å². The summed E-state index contributed by atoms with van der Waals surface area (Å²) in [7, 11) is 6.13. The summed E-state index contributed by atoms with van der Waals surface area (Å²) in [5.74, 6) is 1.71. The quantitative estimate of drug-likeness (QED) is 0.476. The van der Waals surface area contributed by atoms with E-state index in [1.165, 1.54) is 25.1 Å². The minimum atomic E-state index is 0. The van der Waals surface area contributed by atoms with Crippen LogP contribution in [0.1, 0.15) is 12.0 Å². The standard InChI is InChI=1S/C16H26N4.HI/c1-17-16(18-11-15-9-10-19(2)12-15)20(3)13-14-7-5-4-6-8-14;/h4-8,15H,9-13H2,1-3H3,(H,17,18);1H. The van der Waals surface area contributed by atoms with Crippen LogP contribution in [0.4, 0.5) is 0 Å². The van der Waals surface area contributed by atoms with Crippen LogP contribution in [0.5, 0.6) is 0 Å². The predicted octanol–water partition coefficient (Wildman–Crippen LogP) is 2.26. The minimum Gasteiger partial charge on any atom is -0.356 e. The molecule has 4 nitrogen and oxygen atoms in total. The van der Waals surface area contributed by atoms with Crippen LogP contribution in [0.3, 0.4) is 0 Å². The molecule has 5 heteroatoms. The van der Waals surface area contributed by atoms with Gasteiger partial charge in [0.2, 0.25) is 0 Å². The Labute approximate surface area is 145 Å². The van der Waals surface area contributed by atoms with Crippen molar-refractivity contribution in [3.63, 3.8) is 0 Å². The maximum Gasteiger partial charge on any atom is 0.193 e. The summed E-state index contributed by atoms with van der Waals surface area (Å²) in [6.45, 7) is 4.29. The first-order valence-corrected chi connectivity index (χ1v) is 7.33. The summed E-state index contributed by atoms with van der Waals surface area (Å²) in [6, 6.07) is 10.5. The van der Waals surface area contributed by atoms with Crippen molar-refractivity contribution in [3.8, 4) is 0 Å². The highest BCUT2D eigenvalue weighted by Crippen LogP contribution is 2.13. The van der Waals surface area contributed by atoms with Crippen molar-refractivity contribution in [1.29, 1.82) is 0 Å². The van der Waals surface area contributed by atoms with Gasteiger partial charge in [0, 0.05) is 33.7 Å². The van der Waals surface area contributed by atoms with E-state index in [9.17, 15) is 0 Å². The number of nitrogens with zero attached hydrogens (tertiary/aromatic N) is 3. The molecule has 1 saturated heterocycles. The summed E-state index contributed by atoms with van der Waals surface area (Å²) < 4.78 is 0. The molecule has 1 aliphatic rings. The average molecular weight is 402 g/mol. The van der Waals surface area contributed by atoms with Crippen LogP contribution in [0.25, 0.3) is 0 Å². The molecule has 0 amide bonds. The SMILES string of the molecule is CN=C(NCC1CCN(C)C1)N(C)Cc1ccccc1.I. The molecule has 1 heterocycles. The number of aliphatic imine (C=N–C) groups is 1. The lowest BCUT2D eigenvalue weighted by Crippen LogP contribution is -2.41. The van der Waals surface area contributed by atoms with E-state index in [-0.39, 0.29) is 24.0 Å². The van der Waals surface area contributed by atoms with Gasteiger partial charge in [-0.3, -0.25) is 4.99 Å². The van der Waals surface area contributed by atoms with Gasteiger partial charge in [-0.2, -0.15) is 0 Å². The van der Waals surface area contributed by atoms with Gasteiger partial charge in [0.05, 0.1) is 0 Å². The van der Waals surface area contributed by atoms with Gasteiger partial charge in [-0.15, -0.1) is 24.0 Å². The van der Waals surface area contributed by atoms with E-state index in [1.807, 2.05) is 13.1 Å². The summed E-state index contributed by atoms with van der Waals surface area (Å²) in [6.07, 6.45) is 1.28. The highest BCUT2D eigenvalue weighted by atomic mass is 127. The summed E-state index contributed by atoms with van der Waals surface area (Å²) in [5.41, 5.74) is 1.30. The molecule has 1 aromatic rings. The van der Waals surface area contributed by atoms with E-state index < -0.39 is 0 Å². The highest BCUT2D eigenvalue weighted by molar-refractivity contribution is 14.0. The number of rotatable bonds is 4. The fraction of sp³-hybridized carbons (Fsp3) is 0.562. The molecule has 1 aliphatic heterocycles. The van der Waals surface area contributed by atoms with Crippen molar-refractivity contribution < 1.29 is 0 Å². The van der Waals surface area contributed by atoms with Crippen LogP contribution in [0.2, 0.25) is 0 Å². The van der Waals surface area contributed by atoms with Gasteiger partial charge in [0.25, 0.3) is 0 Å². The fourth-order valence-electron chi connectivity index (χ4n) is 2.75. The maximum atomic E-state index is 4.38. The van der Waals surface area contributed by atoms with E-state index in [1.54, 1.807) is 0 Å². The Morgan fingerprint density at radius 1 is 1.38 bits per heavy atom. The molecule has 0 saturated carbocycles. The largest absolute Gasteiger partial charge is 0.356 e. The Balaban J connectivity index is 0.00000220. The Hall–Kier alpha value is -0.820. The van der Waals surface area contributed by atoms with E-state index in [2.05, 4.69) is 58.5 Å². The molecular weight excluding hydrogens is 375 g/mol. The van der Waals surface area contributed by atoms with Crippen LogP contribution in [-0.2, 0) is 6.54 Å². The first-order chi connectivity index (χ1) is 9.69. The van der Waals surface area contributed by atoms with E-state index in [0.717, 1.165) is 25.0 Å². The van der Waals surface area contributed by atoms with Crippen molar-refractivity contribution in [2.24, 2.45) is 10.9 Å². The van der Waals surface area contributed by atoms with Gasteiger partial charge in [0.15, 0.2) is 5.96 Å². The molecule has 1 unspecified atom stereocenters. The maximum absolute atomic E-state index is 4.38. The average Bonchev–Trinajstić information content (AvgIpc) is 2.86. The number of hydrogen-bond acceptors (Lipinski definition) is 2. The van der Waals surface area contributed by atoms with Gasteiger partial charge in [-0.05, 0) is 31.5 Å². The molecular formula is C16H27IN4. The first kappa shape index (κ1) is 18.2. The van der Waals surface area contributed by atoms with Gasteiger partial charge in [-0.1, -0.05) is 30.3 Å². The number of halogens is 1. The number of benzene rings is 1. The van der Waals surface area contributed by atoms with Crippen LogP contribution in [-0.4, -0.2) is 56.5 Å². The molecule has 21 heavy (non-hydrogen) atoms. The molecule has 1 atom stereocenters. The van der Waals surface area contributed by atoms with Crippen molar-refractivity contribution in [3.05, 3.63) is 35.9 Å². The van der Waals surface area contributed by atoms with Crippen LogP contribution >= 0.6 is 24.0 Å². The molecule has 0 aliphatic carbocycles. The second-order valence-corrected chi connectivity index (χ2v) is 5.69. The second-order valence-electron chi connectivity index (χ2n) is 5.69. The molecule has 0 aromatic heterocycles. The van der Waals surface area contributed by atoms with Crippen molar-refractivity contribution >= 4 is 29.9 Å². The summed E-state index contributed by atoms with van der Waals surface area (Å²) in [5, 5.41) is 3.50. The zero-order chi connectivity index (χ0) is 14.4. The van der Waals surface area contributed by atoms with Gasteiger partial charge in [0.1, 0.15) is 0 Å². The summed E-state index contributed by atoms with van der Waals surface area (Å²) >= 11 is 0. The predicted molar refractivity (Wildman–Crippen MR) is 100 cm³/mol. The fourth-order valence-corrected chi connectivity index (χ4v) is 2.75. The van der Waals surface area contributed by atoms with Crippen LogP contribution < -0.4 is 5.32 Å².